The molecule has 0 aromatic rings. The number of ether oxygens (including phenoxy) is 1. The zero-order chi connectivity index (χ0) is 9.52. The summed E-state index contributed by atoms with van der Waals surface area (Å²) in [6.07, 6.45) is 5.46. The van der Waals surface area contributed by atoms with Crippen LogP contribution in [-0.4, -0.2) is 32.8 Å². The smallest absolute Gasteiger partial charge is 0.0587 e. The van der Waals surface area contributed by atoms with Crippen LogP contribution in [0.1, 0.15) is 25.7 Å². The summed E-state index contributed by atoms with van der Waals surface area (Å²) in [5.74, 6) is 0.807. The molecule has 0 amide bonds. The maximum absolute atomic E-state index is 5.73. The number of rotatable bonds is 6. The van der Waals surface area contributed by atoms with Crippen molar-refractivity contribution in [3.05, 3.63) is 0 Å². The second-order valence-corrected chi connectivity index (χ2v) is 3.83. The van der Waals surface area contributed by atoms with Gasteiger partial charge in [0, 0.05) is 26.2 Å². The Morgan fingerprint density at radius 1 is 1.46 bits per heavy atom. The molecule has 3 nitrogen and oxygen atoms in total. The van der Waals surface area contributed by atoms with Crippen molar-refractivity contribution in [1.82, 2.24) is 5.32 Å². The van der Waals surface area contributed by atoms with Crippen LogP contribution in [0.25, 0.3) is 0 Å². The van der Waals surface area contributed by atoms with E-state index in [1.165, 1.54) is 25.7 Å². The average Bonchev–Trinajstić information content (AvgIpc) is 2.65. The highest BCUT2D eigenvalue weighted by Gasteiger charge is 2.22. The Labute approximate surface area is 81.0 Å². The lowest BCUT2D eigenvalue weighted by Crippen LogP contribution is -2.42. The first-order chi connectivity index (χ1) is 6.38. The van der Waals surface area contributed by atoms with Gasteiger partial charge in [-0.05, 0) is 18.8 Å². The molecule has 0 saturated heterocycles. The van der Waals surface area contributed by atoms with Crippen LogP contribution >= 0.6 is 0 Å². The minimum Gasteiger partial charge on any atom is -0.383 e. The Morgan fingerprint density at radius 2 is 2.15 bits per heavy atom. The molecule has 1 atom stereocenters. The van der Waals surface area contributed by atoms with Gasteiger partial charge in [0.2, 0.25) is 0 Å². The molecule has 13 heavy (non-hydrogen) atoms. The lowest BCUT2D eigenvalue weighted by molar-refractivity contribution is 0.191. The van der Waals surface area contributed by atoms with Crippen LogP contribution in [0.15, 0.2) is 0 Å². The standard InChI is InChI=1S/C10H22N2O/c1-13-7-6-12-10(8-11)9-4-2-3-5-9/h9-10,12H,2-8,11H2,1H3. The second kappa shape index (κ2) is 6.35. The van der Waals surface area contributed by atoms with Crippen molar-refractivity contribution >= 4 is 0 Å². The van der Waals surface area contributed by atoms with Crippen molar-refractivity contribution < 1.29 is 4.74 Å². The zero-order valence-electron chi connectivity index (χ0n) is 8.59. The largest absolute Gasteiger partial charge is 0.383 e. The molecule has 0 heterocycles. The monoisotopic (exact) mass is 186 g/mol. The van der Waals surface area contributed by atoms with Crippen molar-refractivity contribution in [3.8, 4) is 0 Å². The fraction of sp³-hybridized carbons (Fsp3) is 1.00. The molecule has 1 aliphatic carbocycles. The van der Waals surface area contributed by atoms with Crippen molar-refractivity contribution in [3.63, 3.8) is 0 Å². The molecule has 1 saturated carbocycles. The Kier molecular flexibility index (Phi) is 5.35. The van der Waals surface area contributed by atoms with Gasteiger partial charge in [-0.15, -0.1) is 0 Å². The maximum Gasteiger partial charge on any atom is 0.0587 e. The molecule has 0 radical (unpaired) electrons. The molecule has 3 N–H and O–H groups in total. The molecular weight excluding hydrogens is 164 g/mol. The highest BCUT2D eigenvalue weighted by Crippen LogP contribution is 2.27. The fourth-order valence-electron chi connectivity index (χ4n) is 2.15. The van der Waals surface area contributed by atoms with E-state index >= 15 is 0 Å². The van der Waals surface area contributed by atoms with E-state index in [-0.39, 0.29) is 0 Å². The number of hydrogen-bond acceptors (Lipinski definition) is 3. The maximum atomic E-state index is 5.73. The molecular formula is C10H22N2O. The third-order valence-electron chi connectivity index (χ3n) is 2.94. The first-order valence-corrected chi connectivity index (χ1v) is 5.31. The van der Waals surface area contributed by atoms with Gasteiger partial charge in [-0.3, -0.25) is 0 Å². The van der Waals surface area contributed by atoms with Crippen molar-refractivity contribution in [2.45, 2.75) is 31.7 Å². The van der Waals surface area contributed by atoms with E-state index in [0.29, 0.717) is 6.04 Å². The lowest BCUT2D eigenvalue weighted by atomic mass is 9.98. The highest BCUT2D eigenvalue weighted by atomic mass is 16.5. The van der Waals surface area contributed by atoms with Gasteiger partial charge < -0.3 is 15.8 Å². The topological polar surface area (TPSA) is 47.3 Å². The number of nitrogens with two attached hydrogens (primary N) is 1. The molecule has 0 aromatic carbocycles. The summed E-state index contributed by atoms with van der Waals surface area (Å²) >= 11 is 0. The Hall–Kier alpha value is -0.120. The van der Waals surface area contributed by atoms with Crippen LogP contribution < -0.4 is 11.1 Å². The molecule has 0 aliphatic heterocycles. The summed E-state index contributed by atoms with van der Waals surface area (Å²) in [6, 6.07) is 0.512. The Bertz CT molecular complexity index is 124. The lowest BCUT2D eigenvalue weighted by Gasteiger charge is -2.22. The predicted octanol–water partition coefficient (Wildman–Crippen LogP) is 0.740. The second-order valence-electron chi connectivity index (χ2n) is 3.83. The third-order valence-corrected chi connectivity index (χ3v) is 2.94. The van der Waals surface area contributed by atoms with Gasteiger partial charge in [-0.2, -0.15) is 0 Å². The average molecular weight is 186 g/mol. The zero-order valence-corrected chi connectivity index (χ0v) is 8.59. The normalized spacial score (nSPS) is 20.8. The Balaban J connectivity index is 2.16. The van der Waals surface area contributed by atoms with Crippen LogP contribution in [0.2, 0.25) is 0 Å². The van der Waals surface area contributed by atoms with Gasteiger partial charge in [0.15, 0.2) is 0 Å². The van der Waals surface area contributed by atoms with Crippen molar-refractivity contribution in [1.29, 1.82) is 0 Å². The number of hydrogen-bond donors (Lipinski definition) is 2. The van der Waals surface area contributed by atoms with Crippen molar-refractivity contribution in [2.75, 3.05) is 26.8 Å². The van der Waals surface area contributed by atoms with Gasteiger partial charge in [0.05, 0.1) is 6.61 Å². The molecule has 1 unspecified atom stereocenters. The molecule has 0 spiro atoms. The molecule has 1 fully saturated rings. The van der Waals surface area contributed by atoms with E-state index in [1.807, 2.05) is 0 Å². The van der Waals surface area contributed by atoms with Crippen molar-refractivity contribution in [2.24, 2.45) is 11.7 Å². The van der Waals surface area contributed by atoms with E-state index in [2.05, 4.69) is 5.32 Å². The SMILES string of the molecule is COCCNC(CN)C1CCCC1. The van der Waals surface area contributed by atoms with Gasteiger partial charge in [0.1, 0.15) is 0 Å². The first-order valence-electron chi connectivity index (χ1n) is 5.31. The van der Waals surface area contributed by atoms with Crippen LogP contribution in [0.5, 0.6) is 0 Å². The molecule has 0 bridgehead atoms. The number of nitrogens with one attached hydrogen (secondary N) is 1. The van der Waals surface area contributed by atoms with Crippen LogP contribution in [-0.2, 0) is 4.74 Å². The number of methoxy groups -OCH3 is 1. The van der Waals surface area contributed by atoms with Gasteiger partial charge in [-0.25, -0.2) is 0 Å². The van der Waals surface area contributed by atoms with E-state index in [9.17, 15) is 0 Å². The summed E-state index contributed by atoms with van der Waals surface area (Å²) in [7, 11) is 1.73. The van der Waals surface area contributed by atoms with Gasteiger partial charge >= 0.3 is 0 Å². The quantitative estimate of drug-likeness (QED) is 0.601. The summed E-state index contributed by atoms with van der Waals surface area (Å²) < 4.78 is 5.00. The molecule has 78 valence electrons. The van der Waals surface area contributed by atoms with Crippen LogP contribution in [0, 0.1) is 5.92 Å². The van der Waals surface area contributed by atoms with E-state index in [1.54, 1.807) is 7.11 Å². The molecule has 0 aromatic heterocycles. The highest BCUT2D eigenvalue weighted by molar-refractivity contribution is 4.81. The Morgan fingerprint density at radius 3 is 2.69 bits per heavy atom. The minimum absolute atomic E-state index is 0.512. The van der Waals surface area contributed by atoms with Crippen LogP contribution in [0.4, 0.5) is 0 Å². The molecule has 1 rings (SSSR count). The summed E-state index contributed by atoms with van der Waals surface area (Å²) in [5.41, 5.74) is 5.73. The third kappa shape index (κ3) is 3.63. The molecule has 1 aliphatic rings. The minimum atomic E-state index is 0.512. The fourth-order valence-corrected chi connectivity index (χ4v) is 2.15. The van der Waals surface area contributed by atoms with E-state index in [4.69, 9.17) is 10.5 Å². The summed E-state index contributed by atoms with van der Waals surface area (Å²) in [5, 5.41) is 3.46. The van der Waals surface area contributed by atoms with Crippen LogP contribution in [0.3, 0.4) is 0 Å². The molecule has 3 heteroatoms. The first kappa shape index (κ1) is 11.0. The van der Waals surface area contributed by atoms with Gasteiger partial charge in [0.25, 0.3) is 0 Å². The van der Waals surface area contributed by atoms with E-state index in [0.717, 1.165) is 25.6 Å². The predicted molar refractivity (Wildman–Crippen MR) is 54.7 cm³/mol. The summed E-state index contributed by atoms with van der Waals surface area (Å²) in [6.45, 7) is 2.46. The summed E-state index contributed by atoms with van der Waals surface area (Å²) in [4.78, 5) is 0. The van der Waals surface area contributed by atoms with Gasteiger partial charge in [-0.1, -0.05) is 12.8 Å². The van der Waals surface area contributed by atoms with E-state index < -0.39 is 0 Å².